The van der Waals surface area contributed by atoms with E-state index in [-0.39, 0.29) is 25.7 Å². The lowest BCUT2D eigenvalue weighted by atomic mass is 9.99. The van der Waals surface area contributed by atoms with Gasteiger partial charge in [-0.25, -0.2) is 9.13 Å². The van der Waals surface area contributed by atoms with Gasteiger partial charge in [0.1, 0.15) is 19.3 Å². The second kappa shape index (κ2) is 63.5. The SMILES string of the molecule is CCC(C)CCCCCCCCCCCCCCCCC(=O)OC[C@H](COP(=O)(O)OCC(O)COP(=O)(O)OC[C@@H](COC(=O)CCCCCCCCCCC(C)C)OC(=O)CCCCCCCCCCCCC(C)C)OC(=O)CCCCCCCCCCC(C)C. The largest absolute Gasteiger partial charge is 0.472 e. The van der Waals surface area contributed by atoms with Crippen LogP contribution in [-0.4, -0.2) is 96.7 Å². The quantitative estimate of drug-likeness (QED) is 0.0222. The summed E-state index contributed by atoms with van der Waals surface area (Å²) in [5.41, 5.74) is 0. The Labute approximate surface area is 568 Å². The standard InChI is InChI=1S/C74H144O17P2/c1-9-67(8)53-45-37-29-19-14-12-10-11-13-15-20-30-38-46-54-71(76)84-60-70(91-74(79)57-49-41-33-25-23-28-36-44-52-66(6)7)63-89-93(82,83)87-59-68(75)58-86-92(80,81)88-62-69(61-85-72(77)55-47-39-31-24-22-27-35-43-51-65(4)5)90-73(78)56-48-40-32-21-17-16-18-26-34-42-50-64(2)3/h64-70,75H,9-63H2,1-8H3,(H,80,81)(H,82,83)/t67?,68?,69-,70-/m1/s1. The van der Waals surface area contributed by atoms with Gasteiger partial charge in [-0.15, -0.1) is 0 Å². The lowest BCUT2D eigenvalue weighted by molar-refractivity contribution is -0.161. The van der Waals surface area contributed by atoms with Crippen LogP contribution in [0.25, 0.3) is 0 Å². The molecule has 0 rings (SSSR count). The molecule has 0 heterocycles. The number of aliphatic hydroxyl groups is 1. The maximum Gasteiger partial charge on any atom is 0.472 e. The lowest BCUT2D eigenvalue weighted by Crippen LogP contribution is -2.30. The first kappa shape index (κ1) is 91.1. The molecule has 0 spiro atoms. The van der Waals surface area contributed by atoms with Crippen LogP contribution in [0.1, 0.15) is 370 Å². The van der Waals surface area contributed by atoms with Gasteiger partial charge in [-0.3, -0.25) is 37.3 Å². The van der Waals surface area contributed by atoms with E-state index in [9.17, 15) is 43.2 Å². The third-order valence-electron chi connectivity index (χ3n) is 17.4. The van der Waals surface area contributed by atoms with E-state index in [0.29, 0.717) is 25.7 Å². The second-order valence-electron chi connectivity index (χ2n) is 28.4. The maximum atomic E-state index is 13.0. The fraction of sp³-hybridized carbons (Fsp3) is 0.946. The molecule has 0 saturated carbocycles. The summed E-state index contributed by atoms with van der Waals surface area (Å²) in [5, 5.41) is 10.6. The van der Waals surface area contributed by atoms with Crippen LogP contribution in [0.3, 0.4) is 0 Å². The molecule has 552 valence electrons. The van der Waals surface area contributed by atoms with Crippen LogP contribution in [0.5, 0.6) is 0 Å². The highest BCUT2D eigenvalue weighted by Crippen LogP contribution is 2.45. The van der Waals surface area contributed by atoms with Crippen molar-refractivity contribution in [3.05, 3.63) is 0 Å². The van der Waals surface area contributed by atoms with Gasteiger partial charge in [0, 0.05) is 25.7 Å². The predicted octanol–water partition coefficient (Wildman–Crippen LogP) is 21.3. The van der Waals surface area contributed by atoms with E-state index in [1.54, 1.807) is 0 Å². The first-order valence-electron chi connectivity index (χ1n) is 38.2. The number of phosphoric ester groups is 2. The van der Waals surface area contributed by atoms with Crippen molar-refractivity contribution in [2.75, 3.05) is 39.6 Å². The fourth-order valence-corrected chi connectivity index (χ4v) is 12.7. The van der Waals surface area contributed by atoms with Crippen molar-refractivity contribution in [1.29, 1.82) is 0 Å². The minimum Gasteiger partial charge on any atom is -0.462 e. The van der Waals surface area contributed by atoms with Crippen LogP contribution >= 0.6 is 15.6 Å². The molecule has 0 radical (unpaired) electrons. The lowest BCUT2D eigenvalue weighted by Gasteiger charge is -2.21. The topological polar surface area (TPSA) is 237 Å². The summed E-state index contributed by atoms with van der Waals surface area (Å²) in [4.78, 5) is 72.7. The van der Waals surface area contributed by atoms with Gasteiger partial charge in [0.2, 0.25) is 0 Å². The molecule has 0 bridgehead atoms. The number of phosphoric acid groups is 2. The summed E-state index contributed by atoms with van der Waals surface area (Å²) in [6.07, 6.45) is 47.2. The number of aliphatic hydroxyl groups excluding tert-OH is 1. The van der Waals surface area contributed by atoms with E-state index >= 15 is 0 Å². The first-order valence-corrected chi connectivity index (χ1v) is 41.2. The molecule has 93 heavy (non-hydrogen) atoms. The zero-order valence-corrected chi connectivity index (χ0v) is 62.7. The molecule has 0 amide bonds. The van der Waals surface area contributed by atoms with Crippen LogP contribution in [0, 0.1) is 23.7 Å². The number of rotatable bonds is 71. The summed E-state index contributed by atoms with van der Waals surface area (Å²) in [5.74, 6) is 0.921. The summed E-state index contributed by atoms with van der Waals surface area (Å²) < 4.78 is 68.4. The summed E-state index contributed by atoms with van der Waals surface area (Å²) >= 11 is 0. The molecule has 0 fully saturated rings. The number of unbranched alkanes of at least 4 members (excludes halogenated alkanes) is 36. The van der Waals surface area contributed by atoms with Crippen LogP contribution in [-0.2, 0) is 65.4 Å². The van der Waals surface area contributed by atoms with E-state index in [1.165, 1.54) is 173 Å². The summed E-state index contributed by atoms with van der Waals surface area (Å²) in [6.45, 7) is 14.2. The van der Waals surface area contributed by atoms with Crippen molar-refractivity contribution in [3.8, 4) is 0 Å². The molecule has 19 heteroatoms. The molecular weight excluding hydrogens is 1220 g/mol. The molecule has 0 aromatic heterocycles. The Morgan fingerprint density at radius 1 is 0.301 bits per heavy atom. The van der Waals surface area contributed by atoms with Crippen LogP contribution in [0.15, 0.2) is 0 Å². The van der Waals surface area contributed by atoms with Gasteiger partial charge in [0.25, 0.3) is 0 Å². The van der Waals surface area contributed by atoms with E-state index < -0.39 is 97.5 Å². The Kier molecular flexibility index (Phi) is 62.2. The highest BCUT2D eigenvalue weighted by Gasteiger charge is 2.30. The van der Waals surface area contributed by atoms with Crippen LogP contribution in [0.2, 0.25) is 0 Å². The molecule has 0 aromatic carbocycles. The number of carbonyl (C=O) groups is 4. The first-order chi connectivity index (χ1) is 44.6. The van der Waals surface area contributed by atoms with Crippen molar-refractivity contribution in [2.24, 2.45) is 23.7 Å². The second-order valence-corrected chi connectivity index (χ2v) is 31.3. The van der Waals surface area contributed by atoms with E-state index in [4.69, 9.17) is 37.0 Å². The van der Waals surface area contributed by atoms with Crippen molar-refractivity contribution >= 4 is 39.5 Å². The molecule has 0 aliphatic carbocycles. The van der Waals surface area contributed by atoms with Crippen LogP contribution in [0.4, 0.5) is 0 Å². The van der Waals surface area contributed by atoms with Crippen molar-refractivity contribution in [3.63, 3.8) is 0 Å². The Balaban J connectivity index is 5.22. The van der Waals surface area contributed by atoms with Gasteiger partial charge >= 0.3 is 39.5 Å². The van der Waals surface area contributed by atoms with Gasteiger partial charge in [0.05, 0.1) is 26.4 Å². The average molecular weight is 1370 g/mol. The minimum absolute atomic E-state index is 0.104. The van der Waals surface area contributed by atoms with Crippen molar-refractivity contribution < 1.29 is 80.2 Å². The molecule has 17 nitrogen and oxygen atoms in total. The molecule has 0 aromatic rings. The zero-order valence-electron chi connectivity index (χ0n) is 60.9. The Bertz CT molecular complexity index is 1840. The third-order valence-corrected chi connectivity index (χ3v) is 19.3. The van der Waals surface area contributed by atoms with Gasteiger partial charge in [0.15, 0.2) is 12.2 Å². The van der Waals surface area contributed by atoms with Crippen molar-refractivity contribution in [2.45, 2.75) is 388 Å². The molecule has 6 atom stereocenters. The molecule has 0 aliphatic rings. The van der Waals surface area contributed by atoms with E-state index in [1.807, 2.05) is 0 Å². The van der Waals surface area contributed by atoms with E-state index in [2.05, 4.69) is 55.4 Å². The smallest absolute Gasteiger partial charge is 0.462 e. The molecular formula is C74H144O17P2. The monoisotopic (exact) mass is 1370 g/mol. The van der Waals surface area contributed by atoms with E-state index in [0.717, 1.165) is 114 Å². The highest BCUT2D eigenvalue weighted by atomic mass is 31.2. The third kappa shape index (κ3) is 67.0. The van der Waals surface area contributed by atoms with Crippen LogP contribution < -0.4 is 0 Å². The fourth-order valence-electron chi connectivity index (χ4n) is 11.2. The predicted molar refractivity (Wildman–Crippen MR) is 377 cm³/mol. The molecule has 0 aliphatic heterocycles. The average Bonchev–Trinajstić information content (AvgIpc) is 2.59. The summed E-state index contributed by atoms with van der Waals surface area (Å²) in [7, 11) is -9.91. The number of ether oxygens (including phenoxy) is 4. The van der Waals surface area contributed by atoms with Gasteiger partial charge < -0.3 is 33.8 Å². The molecule has 3 N–H and O–H groups in total. The van der Waals surface area contributed by atoms with Gasteiger partial charge in [-0.1, -0.05) is 319 Å². The van der Waals surface area contributed by atoms with Crippen molar-refractivity contribution in [1.82, 2.24) is 0 Å². The normalized spacial score (nSPS) is 14.5. The number of hydrogen-bond donors (Lipinski definition) is 3. The highest BCUT2D eigenvalue weighted by molar-refractivity contribution is 7.47. The zero-order chi connectivity index (χ0) is 68.9. The number of hydrogen-bond acceptors (Lipinski definition) is 15. The Morgan fingerprint density at radius 2 is 0.516 bits per heavy atom. The van der Waals surface area contributed by atoms with Gasteiger partial charge in [-0.05, 0) is 49.4 Å². The minimum atomic E-state index is -4.96. The number of esters is 4. The summed E-state index contributed by atoms with van der Waals surface area (Å²) in [6, 6.07) is 0. The maximum absolute atomic E-state index is 13.0. The Hall–Kier alpha value is -1.94. The Morgan fingerprint density at radius 3 is 0.763 bits per heavy atom. The van der Waals surface area contributed by atoms with Gasteiger partial charge in [-0.2, -0.15) is 0 Å². The molecule has 0 saturated heterocycles. The molecule has 4 unspecified atom stereocenters. The number of carbonyl (C=O) groups excluding carboxylic acids is 4.